The van der Waals surface area contributed by atoms with E-state index >= 15 is 0 Å². The number of aryl methyl sites for hydroxylation is 1. The second-order valence-corrected chi connectivity index (χ2v) is 16.1. The van der Waals surface area contributed by atoms with Crippen molar-refractivity contribution in [2.75, 3.05) is 6.61 Å². The zero-order valence-corrected chi connectivity index (χ0v) is 30.8. The molecule has 0 radical (unpaired) electrons. The van der Waals surface area contributed by atoms with Gasteiger partial charge in [-0.15, -0.1) is 0 Å². The number of carbonyl (C=O) groups is 2. The van der Waals surface area contributed by atoms with Crippen molar-refractivity contribution < 1.29 is 14.3 Å². The molecular weight excluding hydrogens is 641 g/mol. The van der Waals surface area contributed by atoms with Gasteiger partial charge in [-0.05, 0) is 91.6 Å². The van der Waals surface area contributed by atoms with Gasteiger partial charge in [0.15, 0.2) is 11.6 Å². The van der Waals surface area contributed by atoms with Gasteiger partial charge in [0, 0.05) is 41.8 Å². The van der Waals surface area contributed by atoms with E-state index in [-0.39, 0.29) is 11.6 Å². The van der Waals surface area contributed by atoms with E-state index < -0.39 is 0 Å². The van der Waals surface area contributed by atoms with Crippen LogP contribution in [0.4, 0.5) is 0 Å². The minimum Gasteiger partial charge on any atom is -0.493 e. The summed E-state index contributed by atoms with van der Waals surface area (Å²) in [6.07, 6.45) is 16.9. The number of hydrogen-bond acceptors (Lipinski definition) is 5. The molecule has 6 rings (SSSR count). The number of carbonyl (C=O) groups excluding carboxylic acids is 2. The number of hydrogen-bond donors (Lipinski definition) is 0. The van der Waals surface area contributed by atoms with Gasteiger partial charge in [-0.25, -0.2) is 0 Å². The molecule has 5 heteroatoms. The average molecular weight is 691 g/mol. The largest absolute Gasteiger partial charge is 0.493 e. The highest BCUT2D eigenvalue weighted by molar-refractivity contribution is 7.99. The van der Waals surface area contributed by atoms with Crippen LogP contribution in [-0.4, -0.2) is 18.2 Å². The summed E-state index contributed by atoms with van der Waals surface area (Å²) in [4.78, 5) is 31.7. The molecule has 0 amide bonds. The molecule has 0 saturated heterocycles. The van der Waals surface area contributed by atoms with Crippen molar-refractivity contribution in [2.45, 2.75) is 117 Å². The van der Waals surface area contributed by atoms with Gasteiger partial charge in [-0.3, -0.25) is 9.59 Å². The SMILES string of the molecule is CCCCCCCC1CCC(COc2ccc(Sc3cccc4c3C(=O)c3cccc(Sc5ccc(CCCC)cc5)c3C4=O)cc2)CC1. The number of fused-ring (bicyclic) bond motifs is 2. The van der Waals surface area contributed by atoms with Crippen LogP contribution < -0.4 is 4.74 Å². The van der Waals surface area contributed by atoms with Crippen LogP contribution in [0.5, 0.6) is 5.75 Å². The molecule has 0 heterocycles. The molecule has 2 aliphatic rings. The predicted molar refractivity (Wildman–Crippen MR) is 204 cm³/mol. The lowest BCUT2D eigenvalue weighted by atomic mass is 9.80. The lowest BCUT2D eigenvalue weighted by Crippen LogP contribution is -2.22. The van der Waals surface area contributed by atoms with Gasteiger partial charge < -0.3 is 4.74 Å². The highest BCUT2D eigenvalue weighted by atomic mass is 32.2. The second kappa shape index (κ2) is 17.6. The molecule has 1 saturated carbocycles. The van der Waals surface area contributed by atoms with Gasteiger partial charge in [0.2, 0.25) is 0 Å². The molecular formula is C44H50O3S2. The topological polar surface area (TPSA) is 43.4 Å². The van der Waals surface area contributed by atoms with E-state index in [1.165, 1.54) is 94.4 Å². The smallest absolute Gasteiger partial charge is 0.195 e. The standard InChI is InChI=1S/C44H50O3S2/c1-3-5-7-8-9-13-32-18-20-33(21-19-32)30-47-34-24-28-36(29-25-34)49-40-17-11-15-38-42(40)44(46)37-14-10-16-39(41(37)43(38)45)48-35-26-22-31(23-27-35)12-6-4-2/h10-11,14-17,22-29,32-33H,3-9,12-13,18-21,30H2,1-2H3. The highest BCUT2D eigenvalue weighted by Crippen LogP contribution is 2.41. The van der Waals surface area contributed by atoms with Crippen molar-refractivity contribution in [1.29, 1.82) is 0 Å². The van der Waals surface area contributed by atoms with Gasteiger partial charge in [0.25, 0.3) is 0 Å². The van der Waals surface area contributed by atoms with Crippen LogP contribution in [0.2, 0.25) is 0 Å². The third-order valence-electron chi connectivity index (χ3n) is 10.2. The number of ether oxygens (including phenoxy) is 1. The molecule has 0 aromatic heterocycles. The second-order valence-electron chi connectivity index (χ2n) is 13.8. The van der Waals surface area contributed by atoms with E-state index in [2.05, 4.69) is 50.2 Å². The Balaban J connectivity index is 1.06. The number of unbranched alkanes of at least 4 members (excludes halogenated alkanes) is 5. The van der Waals surface area contributed by atoms with E-state index in [9.17, 15) is 9.59 Å². The molecule has 2 aliphatic carbocycles. The average Bonchev–Trinajstić information content (AvgIpc) is 3.13. The molecule has 0 bridgehead atoms. The summed E-state index contributed by atoms with van der Waals surface area (Å²) >= 11 is 3.08. The molecule has 0 unspecified atom stereocenters. The first kappa shape index (κ1) is 35.5. The predicted octanol–water partition coefficient (Wildman–Crippen LogP) is 12.7. The van der Waals surface area contributed by atoms with Crippen molar-refractivity contribution in [3.63, 3.8) is 0 Å². The molecule has 0 spiro atoms. The quantitative estimate of drug-likeness (QED) is 0.0964. The molecule has 1 fully saturated rings. The van der Waals surface area contributed by atoms with Crippen molar-refractivity contribution in [2.24, 2.45) is 11.8 Å². The van der Waals surface area contributed by atoms with Crippen LogP contribution in [0.15, 0.2) is 105 Å². The molecule has 0 N–H and O–H groups in total. The summed E-state index contributed by atoms with van der Waals surface area (Å²) in [5.41, 5.74) is 3.31. The Kier molecular flexibility index (Phi) is 12.8. The first-order chi connectivity index (χ1) is 24.0. The lowest BCUT2D eigenvalue weighted by molar-refractivity contribution is 0.0974. The Labute approximate surface area is 302 Å². The fraction of sp³-hybridized carbons (Fsp3) is 0.409. The first-order valence-electron chi connectivity index (χ1n) is 18.6. The zero-order valence-electron chi connectivity index (χ0n) is 29.2. The van der Waals surface area contributed by atoms with Crippen LogP contribution in [0, 0.1) is 11.8 Å². The summed E-state index contributed by atoms with van der Waals surface area (Å²) in [6, 6.07) is 28.0. The number of benzene rings is 4. The first-order valence-corrected chi connectivity index (χ1v) is 20.2. The van der Waals surface area contributed by atoms with Gasteiger partial charge in [-0.1, -0.05) is 132 Å². The van der Waals surface area contributed by atoms with Gasteiger partial charge in [0.1, 0.15) is 5.75 Å². The van der Waals surface area contributed by atoms with E-state index in [0.717, 1.165) is 44.3 Å². The normalized spacial score (nSPS) is 17.1. The maximum atomic E-state index is 14.0. The lowest BCUT2D eigenvalue weighted by Gasteiger charge is -2.28. The van der Waals surface area contributed by atoms with Crippen molar-refractivity contribution in [1.82, 2.24) is 0 Å². The van der Waals surface area contributed by atoms with Crippen molar-refractivity contribution in [3.05, 3.63) is 113 Å². The van der Waals surface area contributed by atoms with E-state index in [0.29, 0.717) is 28.2 Å². The molecule has 256 valence electrons. The maximum Gasteiger partial charge on any atom is 0.195 e. The van der Waals surface area contributed by atoms with Crippen molar-refractivity contribution >= 4 is 35.1 Å². The maximum absolute atomic E-state index is 14.0. The highest BCUT2D eigenvalue weighted by Gasteiger charge is 2.34. The summed E-state index contributed by atoms with van der Waals surface area (Å²) in [5.74, 6) is 2.27. The summed E-state index contributed by atoms with van der Waals surface area (Å²) in [7, 11) is 0. The van der Waals surface area contributed by atoms with Crippen LogP contribution in [0.3, 0.4) is 0 Å². The summed E-state index contributed by atoms with van der Waals surface area (Å²) in [6.45, 7) is 5.27. The van der Waals surface area contributed by atoms with E-state index in [4.69, 9.17) is 4.74 Å². The van der Waals surface area contributed by atoms with Crippen molar-refractivity contribution in [3.8, 4) is 5.75 Å². The molecule has 0 atom stereocenters. The Morgan fingerprint density at radius 3 is 1.69 bits per heavy atom. The van der Waals surface area contributed by atoms with Crippen LogP contribution >= 0.6 is 23.5 Å². The summed E-state index contributed by atoms with van der Waals surface area (Å²) in [5, 5.41) is 0. The van der Waals surface area contributed by atoms with E-state index in [1.54, 1.807) is 23.9 Å². The Morgan fingerprint density at radius 1 is 0.592 bits per heavy atom. The third-order valence-corrected chi connectivity index (χ3v) is 12.3. The Hall–Kier alpha value is -3.28. The molecule has 4 aromatic carbocycles. The summed E-state index contributed by atoms with van der Waals surface area (Å²) < 4.78 is 6.24. The zero-order chi connectivity index (χ0) is 34.0. The van der Waals surface area contributed by atoms with Gasteiger partial charge in [-0.2, -0.15) is 0 Å². The molecule has 4 aromatic rings. The number of rotatable bonds is 16. The molecule has 49 heavy (non-hydrogen) atoms. The van der Waals surface area contributed by atoms with Crippen LogP contribution in [-0.2, 0) is 6.42 Å². The van der Waals surface area contributed by atoms with Gasteiger partial charge in [0.05, 0.1) is 6.61 Å². The number of ketones is 2. The fourth-order valence-corrected chi connectivity index (χ4v) is 9.20. The fourth-order valence-electron chi connectivity index (χ4n) is 7.25. The minimum absolute atomic E-state index is 0.0838. The Morgan fingerprint density at radius 2 is 1.12 bits per heavy atom. The van der Waals surface area contributed by atoms with E-state index in [1.807, 2.05) is 36.4 Å². The van der Waals surface area contributed by atoms with Gasteiger partial charge >= 0.3 is 0 Å². The minimum atomic E-state index is -0.0868. The van der Waals surface area contributed by atoms with Crippen LogP contribution in [0.1, 0.15) is 128 Å². The monoisotopic (exact) mass is 690 g/mol. The molecule has 0 aliphatic heterocycles. The Bertz CT molecular complexity index is 1700. The molecule has 3 nitrogen and oxygen atoms in total. The van der Waals surface area contributed by atoms with Crippen LogP contribution in [0.25, 0.3) is 0 Å². The third kappa shape index (κ3) is 9.10.